The highest BCUT2D eigenvalue weighted by atomic mass is 35.5. The third kappa shape index (κ3) is 4.72. The first-order valence-electron chi connectivity index (χ1n) is 4.92. The number of halogens is 2. The van der Waals surface area contributed by atoms with E-state index in [0.29, 0.717) is 15.7 Å². The van der Waals surface area contributed by atoms with Crippen molar-refractivity contribution in [3.05, 3.63) is 28.2 Å². The molecule has 1 aromatic carbocycles. The van der Waals surface area contributed by atoms with E-state index in [1.807, 2.05) is 4.72 Å². The molecule has 0 bridgehead atoms. The zero-order chi connectivity index (χ0) is 13.9. The highest BCUT2D eigenvalue weighted by Crippen LogP contribution is 2.25. The van der Waals surface area contributed by atoms with Crippen molar-refractivity contribution >= 4 is 44.8 Å². The van der Waals surface area contributed by atoms with Crippen molar-refractivity contribution in [2.75, 3.05) is 11.6 Å². The Morgan fingerprint density at radius 3 is 2.44 bits per heavy atom. The average Bonchev–Trinajstić information content (AvgIpc) is 2.19. The second kappa shape index (κ2) is 5.77. The van der Waals surface area contributed by atoms with E-state index in [-0.39, 0.29) is 0 Å². The molecule has 0 heterocycles. The molecule has 2 N–H and O–H groups in total. The first kappa shape index (κ1) is 15.1. The van der Waals surface area contributed by atoms with Gasteiger partial charge in [0.1, 0.15) is 6.04 Å². The Balaban J connectivity index is 2.75. The van der Waals surface area contributed by atoms with Gasteiger partial charge in [-0.3, -0.25) is 9.52 Å². The average molecular weight is 311 g/mol. The van der Waals surface area contributed by atoms with Gasteiger partial charge in [0.15, 0.2) is 0 Å². The summed E-state index contributed by atoms with van der Waals surface area (Å²) in [7, 11) is -3.57. The molecule has 5 nitrogen and oxygen atoms in total. The van der Waals surface area contributed by atoms with E-state index in [9.17, 15) is 13.2 Å². The molecule has 0 aromatic heterocycles. The molecule has 1 aromatic rings. The number of carbonyl (C=O) groups is 1. The molecule has 1 rings (SSSR count). The Labute approximate surface area is 116 Å². The molecule has 0 fully saturated rings. The minimum absolute atomic E-state index is 0.349. The second-order valence-electron chi connectivity index (χ2n) is 3.73. The molecule has 0 saturated heterocycles. The molecule has 0 radical (unpaired) electrons. The lowest BCUT2D eigenvalue weighted by atomic mass is 10.2. The van der Waals surface area contributed by atoms with Crippen LogP contribution in [0.25, 0.3) is 0 Å². The zero-order valence-electron chi connectivity index (χ0n) is 9.70. The maximum absolute atomic E-state index is 11.5. The topological polar surface area (TPSA) is 75.3 Å². The summed E-state index contributed by atoms with van der Waals surface area (Å²) in [5.41, 5.74) is 0.497. The first-order valence-corrected chi connectivity index (χ1v) is 7.57. The van der Waals surface area contributed by atoms with Gasteiger partial charge in [-0.15, -0.1) is 0 Å². The molecule has 1 unspecified atom stereocenters. The van der Waals surface area contributed by atoms with Gasteiger partial charge in [-0.2, -0.15) is 0 Å². The predicted molar refractivity (Wildman–Crippen MR) is 72.5 cm³/mol. The molecule has 0 aliphatic heterocycles. The van der Waals surface area contributed by atoms with Crippen LogP contribution in [0.1, 0.15) is 6.92 Å². The van der Waals surface area contributed by atoms with Crippen LogP contribution in [-0.2, 0) is 14.8 Å². The molecular weight excluding hydrogens is 299 g/mol. The zero-order valence-corrected chi connectivity index (χ0v) is 12.0. The van der Waals surface area contributed by atoms with Crippen LogP contribution >= 0.6 is 23.2 Å². The molecule has 0 aliphatic rings. The molecule has 100 valence electrons. The molecule has 0 aliphatic carbocycles. The molecule has 1 amide bonds. The van der Waals surface area contributed by atoms with E-state index in [1.54, 1.807) is 12.1 Å². The Morgan fingerprint density at radius 2 is 1.94 bits per heavy atom. The van der Waals surface area contributed by atoms with Crippen LogP contribution in [-0.4, -0.2) is 26.6 Å². The number of rotatable bonds is 4. The van der Waals surface area contributed by atoms with Gasteiger partial charge in [-0.25, -0.2) is 8.42 Å². The van der Waals surface area contributed by atoms with Crippen LogP contribution in [0.2, 0.25) is 10.0 Å². The fraction of sp³-hybridized carbons (Fsp3) is 0.300. The normalized spacial score (nSPS) is 12.9. The van der Waals surface area contributed by atoms with E-state index < -0.39 is 22.0 Å². The third-order valence-corrected chi connectivity index (χ3v) is 3.10. The smallest absolute Gasteiger partial charge is 0.255 e. The second-order valence-corrected chi connectivity index (χ2v) is 6.32. The van der Waals surface area contributed by atoms with Gasteiger partial charge >= 0.3 is 0 Å². The summed E-state index contributed by atoms with van der Waals surface area (Å²) < 4.78 is 23.7. The van der Waals surface area contributed by atoms with Crippen LogP contribution in [0.4, 0.5) is 5.69 Å². The SMILES string of the molecule is CC(Nc1ccc(Cl)cc1Cl)C(=O)NS(C)(=O)=O. The van der Waals surface area contributed by atoms with Crippen molar-refractivity contribution in [3.63, 3.8) is 0 Å². The predicted octanol–water partition coefficient (Wildman–Crippen LogP) is 1.87. The number of anilines is 1. The van der Waals surface area contributed by atoms with Gasteiger partial charge in [-0.1, -0.05) is 23.2 Å². The summed E-state index contributed by atoms with van der Waals surface area (Å²) in [6.45, 7) is 1.52. The Hall–Kier alpha value is -0.980. The fourth-order valence-corrected chi connectivity index (χ4v) is 2.18. The maximum Gasteiger partial charge on any atom is 0.255 e. The summed E-state index contributed by atoms with van der Waals surface area (Å²) in [6, 6.07) is 3.98. The molecule has 0 spiro atoms. The van der Waals surface area contributed by atoms with E-state index in [0.717, 1.165) is 6.26 Å². The summed E-state index contributed by atoms with van der Waals surface area (Å²) in [5.74, 6) is -0.663. The quantitative estimate of drug-likeness (QED) is 0.890. The largest absolute Gasteiger partial charge is 0.373 e. The number of amides is 1. The lowest BCUT2D eigenvalue weighted by Crippen LogP contribution is -2.40. The summed E-state index contributed by atoms with van der Waals surface area (Å²) in [4.78, 5) is 11.5. The van der Waals surface area contributed by atoms with Crippen molar-refractivity contribution < 1.29 is 13.2 Å². The lowest BCUT2D eigenvalue weighted by Gasteiger charge is -2.15. The number of nitrogens with one attached hydrogen (secondary N) is 2. The first-order chi connectivity index (χ1) is 8.19. The van der Waals surface area contributed by atoms with E-state index in [4.69, 9.17) is 23.2 Å². The van der Waals surface area contributed by atoms with Gasteiger partial charge in [0.25, 0.3) is 5.91 Å². The Kier molecular flexibility index (Phi) is 4.84. The van der Waals surface area contributed by atoms with Crippen LogP contribution < -0.4 is 10.0 Å². The molecule has 18 heavy (non-hydrogen) atoms. The Bertz CT molecular complexity index is 560. The summed E-state index contributed by atoms with van der Waals surface area (Å²) in [5, 5.41) is 3.61. The van der Waals surface area contributed by atoms with Gasteiger partial charge in [0.05, 0.1) is 17.0 Å². The fourth-order valence-electron chi connectivity index (χ4n) is 1.18. The molecular formula is C10H12Cl2N2O3S. The minimum Gasteiger partial charge on any atom is -0.373 e. The highest BCUT2D eigenvalue weighted by Gasteiger charge is 2.17. The molecule has 0 saturated carbocycles. The van der Waals surface area contributed by atoms with E-state index >= 15 is 0 Å². The third-order valence-electron chi connectivity index (χ3n) is 1.98. The standard InChI is InChI=1S/C10H12Cl2N2O3S/c1-6(10(15)14-18(2,16)17)13-9-4-3-7(11)5-8(9)12/h3-6,13H,1-2H3,(H,14,15). The number of hydrogen-bond acceptors (Lipinski definition) is 4. The molecule has 1 atom stereocenters. The summed E-state index contributed by atoms with van der Waals surface area (Å²) in [6.07, 6.45) is 0.910. The number of hydrogen-bond donors (Lipinski definition) is 2. The number of sulfonamides is 1. The Morgan fingerprint density at radius 1 is 1.33 bits per heavy atom. The summed E-state index contributed by atoms with van der Waals surface area (Å²) >= 11 is 11.6. The van der Waals surface area contributed by atoms with Crippen LogP contribution in [0.15, 0.2) is 18.2 Å². The van der Waals surface area contributed by atoms with Crippen LogP contribution in [0, 0.1) is 0 Å². The van der Waals surface area contributed by atoms with E-state index in [1.165, 1.54) is 13.0 Å². The lowest BCUT2D eigenvalue weighted by molar-refractivity contribution is -0.119. The highest BCUT2D eigenvalue weighted by molar-refractivity contribution is 7.89. The van der Waals surface area contributed by atoms with Crippen molar-refractivity contribution in [1.29, 1.82) is 0 Å². The van der Waals surface area contributed by atoms with Gasteiger partial charge in [0.2, 0.25) is 10.0 Å². The number of carbonyl (C=O) groups excluding carboxylic acids is 1. The molecule has 8 heteroatoms. The van der Waals surface area contributed by atoms with Crippen molar-refractivity contribution in [2.24, 2.45) is 0 Å². The van der Waals surface area contributed by atoms with Crippen LogP contribution in [0.3, 0.4) is 0 Å². The minimum atomic E-state index is -3.57. The van der Waals surface area contributed by atoms with Gasteiger partial charge < -0.3 is 5.32 Å². The van der Waals surface area contributed by atoms with Crippen molar-refractivity contribution in [2.45, 2.75) is 13.0 Å². The van der Waals surface area contributed by atoms with Crippen LogP contribution in [0.5, 0.6) is 0 Å². The number of benzene rings is 1. The van der Waals surface area contributed by atoms with Crippen molar-refractivity contribution in [1.82, 2.24) is 4.72 Å². The van der Waals surface area contributed by atoms with Gasteiger partial charge in [0, 0.05) is 5.02 Å². The van der Waals surface area contributed by atoms with E-state index in [2.05, 4.69) is 5.32 Å². The monoisotopic (exact) mass is 310 g/mol. The van der Waals surface area contributed by atoms with Crippen molar-refractivity contribution in [3.8, 4) is 0 Å². The van der Waals surface area contributed by atoms with Gasteiger partial charge in [-0.05, 0) is 25.1 Å². The maximum atomic E-state index is 11.5.